The summed E-state index contributed by atoms with van der Waals surface area (Å²) in [5, 5.41) is 11.9. The number of methoxy groups -OCH3 is 2. The summed E-state index contributed by atoms with van der Waals surface area (Å²) in [4.78, 5) is 15.1. The third kappa shape index (κ3) is 3.42. The van der Waals surface area contributed by atoms with Crippen LogP contribution in [0, 0.1) is 10.1 Å². The van der Waals surface area contributed by atoms with Crippen LogP contribution in [0.3, 0.4) is 0 Å². The second-order valence-corrected chi connectivity index (χ2v) is 5.28. The normalized spacial score (nSPS) is 11.0. The first-order valence-corrected chi connectivity index (χ1v) is 7.56. The molecule has 0 N–H and O–H groups in total. The van der Waals surface area contributed by atoms with Crippen molar-refractivity contribution in [2.45, 2.75) is 0 Å². The van der Waals surface area contributed by atoms with E-state index < -0.39 is 4.92 Å². The summed E-state index contributed by atoms with van der Waals surface area (Å²) in [6.07, 6.45) is 3.53. The number of benzene rings is 2. The highest BCUT2D eigenvalue weighted by Gasteiger charge is 2.09. The maximum absolute atomic E-state index is 11.0. The smallest absolute Gasteiger partial charge is 0.270 e. The van der Waals surface area contributed by atoms with Gasteiger partial charge in [0.1, 0.15) is 17.0 Å². The number of hydrogen-bond donors (Lipinski definition) is 0. The first kappa shape index (κ1) is 16.4. The van der Waals surface area contributed by atoms with Gasteiger partial charge in [0.05, 0.1) is 24.8 Å². The predicted octanol–water partition coefficient (Wildman–Crippen LogP) is 4.33. The molecule has 1 aromatic heterocycles. The van der Waals surface area contributed by atoms with E-state index in [9.17, 15) is 10.1 Å². The lowest BCUT2D eigenvalue weighted by atomic mass is 10.1. The Balaban J connectivity index is 2.00. The Kier molecular flexibility index (Phi) is 4.61. The predicted molar refractivity (Wildman–Crippen MR) is 96.9 cm³/mol. The zero-order chi connectivity index (χ0) is 17.8. The lowest BCUT2D eigenvalue weighted by Crippen LogP contribution is -1.92. The van der Waals surface area contributed by atoms with Crippen molar-refractivity contribution in [2.24, 2.45) is 0 Å². The lowest BCUT2D eigenvalue weighted by molar-refractivity contribution is -0.384. The summed E-state index contributed by atoms with van der Waals surface area (Å²) in [7, 11) is 3.13. The molecule has 0 aliphatic carbocycles. The van der Waals surface area contributed by atoms with Crippen LogP contribution in [-0.4, -0.2) is 24.1 Å². The molecule has 0 fully saturated rings. The van der Waals surface area contributed by atoms with Crippen LogP contribution in [0.4, 0.5) is 5.69 Å². The fourth-order valence-electron chi connectivity index (χ4n) is 2.53. The number of non-ortho nitro benzene ring substituents is 1. The molecule has 6 heteroatoms. The number of pyridine rings is 1. The fourth-order valence-corrected chi connectivity index (χ4v) is 2.53. The Morgan fingerprint density at radius 1 is 1.00 bits per heavy atom. The monoisotopic (exact) mass is 336 g/mol. The molecule has 0 unspecified atom stereocenters. The summed E-state index contributed by atoms with van der Waals surface area (Å²) in [5.74, 6) is 1.25. The van der Waals surface area contributed by atoms with Crippen molar-refractivity contribution in [1.82, 2.24) is 4.98 Å². The second kappa shape index (κ2) is 7.00. The Morgan fingerprint density at radius 2 is 1.80 bits per heavy atom. The first-order valence-electron chi connectivity index (χ1n) is 7.56. The van der Waals surface area contributed by atoms with E-state index >= 15 is 0 Å². The van der Waals surface area contributed by atoms with E-state index in [1.807, 2.05) is 30.3 Å². The van der Waals surface area contributed by atoms with Crippen molar-refractivity contribution in [3.8, 4) is 11.5 Å². The summed E-state index contributed by atoms with van der Waals surface area (Å²) in [5.41, 5.74) is 2.09. The van der Waals surface area contributed by atoms with Crippen LogP contribution in [0.1, 0.15) is 11.3 Å². The number of nitro benzene ring substituents is 1. The molecule has 6 nitrogen and oxygen atoms in total. The largest absolute Gasteiger partial charge is 0.496 e. The van der Waals surface area contributed by atoms with Gasteiger partial charge in [-0.15, -0.1) is 0 Å². The molecule has 0 aliphatic heterocycles. The van der Waals surface area contributed by atoms with Gasteiger partial charge in [0, 0.05) is 23.1 Å². The van der Waals surface area contributed by atoms with Gasteiger partial charge in [-0.2, -0.15) is 0 Å². The maximum atomic E-state index is 11.0. The number of nitro groups is 1. The molecule has 3 rings (SSSR count). The average molecular weight is 336 g/mol. The lowest BCUT2D eigenvalue weighted by Gasteiger charge is -2.06. The van der Waals surface area contributed by atoms with Gasteiger partial charge in [0.2, 0.25) is 0 Å². The van der Waals surface area contributed by atoms with Gasteiger partial charge in [-0.25, -0.2) is 4.98 Å². The van der Waals surface area contributed by atoms with Gasteiger partial charge in [-0.1, -0.05) is 18.2 Å². The number of ether oxygens (including phenoxy) is 2. The van der Waals surface area contributed by atoms with Crippen LogP contribution < -0.4 is 9.47 Å². The Labute approximate surface area is 144 Å². The van der Waals surface area contributed by atoms with E-state index in [1.54, 1.807) is 25.3 Å². The molecule has 25 heavy (non-hydrogen) atoms. The van der Waals surface area contributed by atoms with Crippen LogP contribution in [0.2, 0.25) is 0 Å². The van der Waals surface area contributed by atoms with E-state index in [0.717, 1.165) is 10.9 Å². The highest BCUT2D eigenvalue weighted by atomic mass is 16.6. The molecular weight excluding hydrogens is 320 g/mol. The Morgan fingerprint density at radius 3 is 2.52 bits per heavy atom. The van der Waals surface area contributed by atoms with Gasteiger partial charge in [-0.3, -0.25) is 10.1 Å². The van der Waals surface area contributed by atoms with Gasteiger partial charge in [0.25, 0.3) is 5.69 Å². The second-order valence-electron chi connectivity index (χ2n) is 5.28. The molecule has 3 aromatic rings. The number of rotatable bonds is 5. The number of para-hydroxylation sites is 1. The quantitative estimate of drug-likeness (QED) is 0.512. The van der Waals surface area contributed by atoms with E-state index in [-0.39, 0.29) is 5.69 Å². The topological polar surface area (TPSA) is 74.5 Å². The summed E-state index contributed by atoms with van der Waals surface area (Å²) >= 11 is 0. The fraction of sp³-hybridized carbons (Fsp3) is 0.105. The summed E-state index contributed by atoms with van der Waals surface area (Å²) in [6.45, 7) is 0. The molecule has 0 saturated carbocycles. The minimum atomic E-state index is -0.435. The molecule has 0 atom stereocenters. The van der Waals surface area contributed by atoms with Crippen molar-refractivity contribution in [3.63, 3.8) is 0 Å². The van der Waals surface area contributed by atoms with Crippen molar-refractivity contribution < 1.29 is 14.4 Å². The molecule has 0 bridgehead atoms. The standard InChI is InChI=1S/C19H16N2O4/c1-24-17-11-10-16(21(22)23)12-14(17)7-9-15-8-6-13-4-3-5-18(25-2)19(13)20-15/h3-12H,1-2H3/b9-7+. The molecule has 1 heterocycles. The average Bonchev–Trinajstić information content (AvgIpc) is 2.65. The highest BCUT2D eigenvalue weighted by molar-refractivity contribution is 5.86. The van der Waals surface area contributed by atoms with Gasteiger partial charge >= 0.3 is 0 Å². The Bertz CT molecular complexity index is 967. The highest BCUT2D eigenvalue weighted by Crippen LogP contribution is 2.27. The molecule has 0 amide bonds. The molecule has 0 spiro atoms. The molecule has 0 radical (unpaired) electrons. The van der Waals surface area contributed by atoms with Crippen LogP contribution in [0.15, 0.2) is 48.5 Å². The van der Waals surface area contributed by atoms with Crippen molar-refractivity contribution in [2.75, 3.05) is 14.2 Å². The maximum Gasteiger partial charge on any atom is 0.270 e. The number of aromatic nitrogens is 1. The van der Waals surface area contributed by atoms with Crippen LogP contribution in [0.25, 0.3) is 23.1 Å². The Hall–Kier alpha value is -3.41. The molecule has 126 valence electrons. The van der Waals surface area contributed by atoms with Crippen molar-refractivity contribution in [1.29, 1.82) is 0 Å². The van der Waals surface area contributed by atoms with Crippen LogP contribution >= 0.6 is 0 Å². The van der Waals surface area contributed by atoms with E-state index in [4.69, 9.17) is 9.47 Å². The van der Waals surface area contributed by atoms with Crippen LogP contribution in [0.5, 0.6) is 11.5 Å². The SMILES string of the molecule is COc1ccc([N+](=O)[O-])cc1/C=C/c1ccc2cccc(OC)c2n1. The van der Waals surface area contributed by atoms with E-state index in [1.165, 1.54) is 19.2 Å². The summed E-state index contributed by atoms with van der Waals surface area (Å²) < 4.78 is 10.6. The minimum absolute atomic E-state index is 0.00795. The third-order valence-electron chi connectivity index (χ3n) is 3.78. The molecule has 0 saturated heterocycles. The third-order valence-corrected chi connectivity index (χ3v) is 3.78. The first-order chi connectivity index (χ1) is 12.1. The zero-order valence-corrected chi connectivity index (χ0v) is 13.8. The van der Waals surface area contributed by atoms with Crippen LogP contribution in [-0.2, 0) is 0 Å². The van der Waals surface area contributed by atoms with Gasteiger partial charge < -0.3 is 9.47 Å². The molecule has 0 aliphatic rings. The number of fused-ring (bicyclic) bond motifs is 1. The summed E-state index contributed by atoms with van der Waals surface area (Å²) in [6, 6.07) is 14.0. The number of hydrogen-bond acceptors (Lipinski definition) is 5. The van der Waals surface area contributed by atoms with Crippen molar-refractivity contribution in [3.05, 3.63) is 69.9 Å². The number of nitrogens with zero attached hydrogens (tertiary/aromatic N) is 2. The van der Waals surface area contributed by atoms with E-state index in [0.29, 0.717) is 22.8 Å². The molecular formula is C19H16N2O4. The van der Waals surface area contributed by atoms with E-state index in [2.05, 4.69) is 4.98 Å². The van der Waals surface area contributed by atoms with Gasteiger partial charge in [-0.05, 0) is 30.4 Å². The minimum Gasteiger partial charge on any atom is -0.496 e. The van der Waals surface area contributed by atoms with Crippen molar-refractivity contribution >= 4 is 28.7 Å². The zero-order valence-electron chi connectivity index (χ0n) is 13.8. The van der Waals surface area contributed by atoms with Gasteiger partial charge in [0.15, 0.2) is 0 Å². The molecule has 2 aromatic carbocycles.